The van der Waals surface area contributed by atoms with Gasteiger partial charge >= 0.3 is 0 Å². The average Bonchev–Trinajstić information content (AvgIpc) is 2.75. The summed E-state index contributed by atoms with van der Waals surface area (Å²) in [4.78, 5) is 16.7. The molecule has 0 radical (unpaired) electrons. The summed E-state index contributed by atoms with van der Waals surface area (Å²) in [6.07, 6.45) is 0.459. The molecule has 0 bridgehead atoms. The topological polar surface area (TPSA) is 55.6 Å². The molecular weight excluding hydrogens is 204 g/mol. The van der Waals surface area contributed by atoms with Crippen molar-refractivity contribution < 1.29 is 9.63 Å². The van der Waals surface area contributed by atoms with Gasteiger partial charge in [-0.1, -0.05) is 19.1 Å². The molecule has 1 saturated heterocycles. The molecule has 1 amide bonds. The summed E-state index contributed by atoms with van der Waals surface area (Å²) in [5, 5.41) is 1.36. The van der Waals surface area contributed by atoms with Crippen LogP contribution < -0.4 is 10.8 Å². The van der Waals surface area contributed by atoms with Crippen molar-refractivity contribution in [1.29, 1.82) is 0 Å². The molecule has 0 aromatic heterocycles. The number of hydrogen-bond donors (Lipinski definition) is 1. The maximum Gasteiger partial charge on any atom is 0.253 e. The number of nitrogens with zero attached hydrogens (tertiary/aromatic N) is 1. The first-order valence-electron chi connectivity index (χ1n) is 5.48. The summed E-state index contributed by atoms with van der Waals surface area (Å²) in [6, 6.07) is 7.76. The SMILES string of the molecule is CC(CN)c1ccc(N2OCCC2=O)cc1. The minimum atomic E-state index is 0.0135. The van der Waals surface area contributed by atoms with E-state index in [1.165, 1.54) is 10.6 Å². The van der Waals surface area contributed by atoms with E-state index in [4.69, 9.17) is 10.6 Å². The van der Waals surface area contributed by atoms with Gasteiger partial charge in [-0.3, -0.25) is 9.63 Å². The van der Waals surface area contributed by atoms with Gasteiger partial charge in [0.25, 0.3) is 5.91 Å². The maximum absolute atomic E-state index is 11.4. The van der Waals surface area contributed by atoms with Crippen LogP contribution in [0.15, 0.2) is 24.3 Å². The van der Waals surface area contributed by atoms with E-state index >= 15 is 0 Å². The Morgan fingerprint density at radius 1 is 1.44 bits per heavy atom. The molecule has 2 rings (SSSR count). The van der Waals surface area contributed by atoms with Gasteiger partial charge in [0.1, 0.15) is 0 Å². The second-order valence-corrected chi connectivity index (χ2v) is 4.00. The van der Waals surface area contributed by atoms with Crippen molar-refractivity contribution >= 4 is 11.6 Å². The first kappa shape index (κ1) is 11.1. The van der Waals surface area contributed by atoms with Gasteiger partial charge in [-0.25, -0.2) is 0 Å². The van der Waals surface area contributed by atoms with Crippen molar-refractivity contribution in [1.82, 2.24) is 0 Å². The van der Waals surface area contributed by atoms with E-state index in [1.54, 1.807) is 0 Å². The normalized spacial score (nSPS) is 17.9. The lowest BCUT2D eigenvalue weighted by atomic mass is 10.0. The van der Waals surface area contributed by atoms with Crippen LogP contribution in [-0.2, 0) is 9.63 Å². The number of carbonyl (C=O) groups is 1. The minimum absolute atomic E-state index is 0.0135. The number of carbonyl (C=O) groups excluding carboxylic acids is 1. The summed E-state index contributed by atoms with van der Waals surface area (Å²) in [7, 11) is 0. The van der Waals surface area contributed by atoms with E-state index in [2.05, 4.69) is 6.92 Å². The first-order chi connectivity index (χ1) is 7.72. The van der Waals surface area contributed by atoms with Crippen LogP contribution >= 0.6 is 0 Å². The van der Waals surface area contributed by atoms with Gasteiger partial charge in [-0.15, -0.1) is 0 Å². The highest BCUT2D eigenvalue weighted by molar-refractivity contribution is 5.92. The Labute approximate surface area is 94.9 Å². The molecule has 1 aromatic rings. The number of hydrogen-bond acceptors (Lipinski definition) is 3. The molecule has 4 heteroatoms. The molecule has 86 valence electrons. The molecular formula is C12H16N2O2. The van der Waals surface area contributed by atoms with Gasteiger partial charge in [0.2, 0.25) is 0 Å². The van der Waals surface area contributed by atoms with E-state index in [9.17, 15) is 4.79 Å². The van der Waals surface area contributed by atoms with Crippen molar-refractivity contribution in [3.05, 3.63) is 29.8 Å². The Morgan fingerprint density at radius 2 is 2.12 bits per heavy atom. The molecule has 4 nitrogen and oxygen atoms in total. The fraction of sp³-hybridized carbons (Fsp3) is 0.417. The number of nitrogens with two attached hydrogens (primary N) is 1. The van der Waals surface area contributed by atoms with Crippen LogP contribution in [0.3, 0.4) is 0 Å². The monoisotopic (exact) mass is 220 g/mol. The predicted molar refractivity (Wildman–Crippen MR) is 62.0 cm³/mol. The Bertz CT molecular complexity index is 375. The van der Waals surface area contributed by atoms with E-state index in [1.807, 2.05) is 24.3 Å². The van der Waals surface area contributed by atoms with Crippen molar-refractivity contribution in [2.75, 3.05) is 18.2 Å². The quantitative estimate of drug-likeness (QED) is 0.838. The molecule has 1 heterocycles. The van der Waals surface area contributed by atoms with E-state index in [0.29, 0.717) is 25.5 Å². The van der Waals surface area contributed by atoms with Gasteiger partial charge in [0.15, 0.2) is 0 Å². The van der Waals surface area contributed by atoms with Crippen LogP contribution in [0.5, 0.6) is 0 Å². The number of amides is 1. The van der Waals surface area contributed by atoms with Gasteiger partial charge < -0.3 is 5.73 Å². The molecule has 2 N–H and O–H groups in total. The minimum Gasteiger partial charge on any atom is -0.330 e. The number of benzene rings is 1. The van der Waals surface area contributed by atoms with Crippen molar-refractivity contribution in [2.24, 2.45) is 5.73 Å². The van der Waals surface area contributed by atoms with Crippen LogP contribution in [0, 0.1) is 0 Å². The smallest absolute Gasteiger partial charge is 0.253 e. The highest BCUT2D eigenvalue weighted by Gasteiger charge is 2.23. The van der Waals surface area contributed by atoms with Crippen molar-refractivity contribution in [3.63, 3.8) is 0 Å². The molecule has 0 saturated carbocycles. The molecule has 0 spiro atoms. The average molecular weight is 220 g/mol. The summed E-state index contributed by atoms with van der Waals surface area (Å²) >= 11 is 0. The number of anilines is 1. The van der Waals surface area contributed by atoms with E-state index < -0.39 is 0 Å². The fourth-order valence-corrected chi connectivity index (χ4v) is 1.69. The molecule has 1 aliphatic heterocycles. The third-order valence-electron chi connectivity index (χ3n) is 2.81. The third-order valence-corrected chi connectivity index (χ3v) is 2.81. The summed E-state index contributed by atoms with van der Waals surface area (Å²) in [5.41, 5.74) is 7.56. The molecule has 1 aliphatic rings. The molecule has 0 aliphatic carbocycles. The van der Waals surface area contributed by atoms with E-state index in [-0.39, 0.29) is 5.91 Å². The maximum atomic E-state index is 11.4. The lowest BCUT2D eigenvalue weighted by Crippen LogP contribution is -2.22. The van der Waals surface area contributed by atoms with Crippen LogP contribution in [-0.4, -0.2) is 19.1 Å². The molecule has 1 atom stereocenters. The van der Waals surface area contributed by atoms with Crippen molar-refractivity contribution in [3.8, 4) is 0 Å². The molecule has 1 aromatic carbocycles. The van der Waals surface area contributed by atoms with Crippen LogP contribution in [0.1, 0.15) is 24.8 Å². The predicted octanol–water partition coefficient (Wildman–Crippen LogP) is 1.42. The van der Waals surface area contributed by atoms with Crippen LogP contribution in [0.2, 0.25) is 0 Å². The summed E-state index contributed by atoms with van der Waals surface area (Å²) < 4.78 is 0. The first-order valence-corrected chi connectivity index (χ1v) is 5.48. The standard InChI is InChI=1S/C12H16N2O2/c1-9(8-13)10-2-4-11(5-3-10)14-12(15)6-7-16-14/h2-5,9H,6-8,13H2,1H3. The summed E-state index contributed by atoms with van der Waals surface area (Å²) in [5.74, 6) is 0.351. The second kappa shape index (κ2) is 4.63. The Kier molecular flexibility index (Phi) is 3.22. The van der Waals surface area contributed by atoms with Gasteiger partial charge in [0, 0.05) is 0 Å². The van der Waals surface area contributed by atoms with Crippen LogP contribution in [0.25, 0.3) is 0 Å². The fourth-order valence-electron chi connectivity index (χ4n) is 1.69. The molecule has 1 fully saturated rings. The third kappa shape index (κ3) is 2.08. The largest absolute Gasteiger partial charge is 0.330 e. The highest BCUT2D eigenvalue weighted by atomic mass is 16.7. The number of rotatable bonds is 3. The van der Waals surface area contributed by atoms with E-state index in [0.717, 1.165) is 5.69 Å². The highest BCUT2D eigenvalue weighted by Crippen LogP contribution is 2.23. The number of hydroxylamine groups is 1. The lowest BCUT2D eigenvalue weighted by molar-refractivity contribution is -0.119. The molecule has 16 heavy (non-hydrogen) atoms. The van der Waals surface area contributed by atoms with Crippen LogP contribution in [0.4, 0.5) is 5.69 Å². The second-order valence-electron chi connectivity index (χ2n) is 4.00. The lowest BCUT2D eigenvalue weighted by Gasteiger charge is -2.15. The zero-order chi connectivity index (χ0) is 11.5. The van der Waals surface area contributed by atoms with Gasteiger partial charge in [-0.05, 0) is 30.2 Å². The Balaban J connectivity index is 2.15. The molecule has 1 unspecified atom stereocenters. The van der Waals surface area contributed by atoms with Crippen molar-refractivity contribution in [2.45, 2.75) is 19.3 Å². The Morgan fingerprint density at radius 3 is 2.62 bits per heavy atom. The zero-order valence-corrected chi connectivity index (χ0v) is 9.35. The zero-order valence-electron chi connectivity index (χ0n) is 9.35. The van der Waals surface area contributed by atoms with Gasteiger partial charge in [0.05, 0.1) is 18.7 Å². The Hall–Kier alpha value is -1.39. The summed E-state index contributed by atoms with van der Waals surface area (Å²) in [6.45, 7) is 3.17. The van der Waals surface area contributed by atoms with Gasteiger partial charge in [-0.2, -0.15) is 5.06 Å².